The zero-order chi connectivity index (χ0) is 11.2. The lowest BCUT2D eigenvalue weighted by Crippen LogP contribution is -1.94. The molecule has 2 aromatic rings. The third-order valence-corrected chi connectivity index (χ3v) is 2.49. The molecule has 16 heavy (non-hydrogen) atoms. The molecule has 2 aromatic carbocycles. The van der Waals surface area contributed by atoms with Crippen LogP contribution in [0.25, 0.3) is 0 Å². The molecule has 2 rings (SSSR count). The van der Waals surface area contributed by atoms with Crippen LogP contribution in [0.15, 0.2) is 59.8 Å². The first kappa shape index (κ1) is 10.4. The van der Waals surface area contributed by atoms with E-state index in [1.165, 1.54) is 11.8 Å². The average molecular weight is 211 g/mol. The molecule has 0 heterocycles. The van der Waals surface area contributed by atoms with Crippen LogP contribution in [0.3, 0.4) is 0 Å². The van der Waals surface area contributed by atoms with E-state index in [0.717, 1.165) is 17.5 Å². The summed E-state index contributed by atoms with van der Waals surface area (Å²) in [7, 11) is 0. The van der Waals surface area contributed by atoms with E-state index in [1.807, 2.05) is 42.5 Å². The number of benzene rings is 2. The Morgan fingerprint density at radius 3 is 2.38 bits per heavy atom. The van der Waals surface area contributed by atoms with Gasteiger partial charge < -0.3 is 5.21 Å². The normalized spacial score (nSPS) is 10.8. The lowest BCUT2D eigenvalue weighted by atomic mass is 10.0. The zero-order valence-electron chi connectivity index (χ0n) is 8.88. The topological polar surface area (TPSA) is 32.6 Å². The molecule has 0 radical (unpaired) electrons. The van der Waals surface area contributed by atoms with Crippen LogP contribution in [-0.2, 0) is 6.42 Å². The van der Waals surface area contributed by atoms with Crippen LogP contribution in [0.4, 0.5) is 0 Å². The maximum Gasteiger partial charge on any atom is 0.0736 e. The Balaban J connectivity index is 2.28. The molecule has 0 aliphatic heterocycles. The summed E-state index contributed by atoms with van der Waals surface area (Å²) in [4.78, 5) is 0. The Kier molecular flexibility index (Phi) is 3.34. The van der Waals surface area contributed by atoms with Gasteiger partial charge in [-0.3, -0.25) is 0 Å². The van der Waals surface area contributed by atoms with Gasteiger partial charge in [0.05, 0.1) is 6.21 Å². The van der Waals surface area contributed by atoms with E-state index >= 15 is 0 Å². The van der Waals surface area contributed by atoms with Crippen LogP contribution in [0.1, 0.15) is 16.7 Å². The largest absolute Gasteiger partial charge is 0.411 e. The summed E-state index contributed by atoms with van der Waals surface area (Å²) < 4.78 is 0. The van der Waals surface area contributed by atoms with E-state index in [9.17, 15) is 0 Å². The van der Waals surface area contributed by atoms with E-state index in [0.29, 0.717) is 0 Å². The first-order chi connectivity index (χ1) is 7.90. The van der Waals surface area contributed by atoms with Crippen molar-refractivity contribution in [1.82, 2.24) is 0 Å². The van der Waals surface area contributed by atoms with E-state index in [2.05, 4.69) is 17.3 Å². The Bertz CT molecular complexity index is 477. The summed E-state index contributed by atoms with van der Waals surface area (Å²) in [5.41, 5.74) is 3.36. The molecule has 0 unspecified atom stereocenters. The molecule has 0 aromatic heterocycles. The second-order valence-electron chi connectivity index (χ2n) is 3.61. The molecule has 0 spiro atoms. The third-order valence-electron chi connectivity index (χ3n) is 2.49. The van der Waals surface area contributed by atoms with Gasteiger partial charge in [-0.15, -0.1) is 0 Å². The van der Waals surface area contributed by atoms with Crippen molar-refractivity contribution in [3.63, 3.8) is 0 Å². The van der Waals surface area contributed by atoms with Crippen molar-refractivity contribution in [2.75, 3.05) is 0 Å². The Hall–Kier alpha value is -2.09. The summed E-state index contributed by atoms with van der Waals surface area (Å²) >= 11 is 0. The van der Waals surface area contributed by atoms with Gasteiger partial charge >= 0.3 is 0 Å². The third kappa shape index (κ3) is 2.48. The predicted molar refractivity (Wildman–Crippen MR) is 65.1 cm³/mol. The van der Waals surface area contributed by atoms with E-state index in [1.54, 1.807) is 0 Å². The quantitative estimate of drug-likeness (QED) is 0.472. The maximum absolute atomic E-state index is 8.58. The van der Waals surface area contributed by atoms with Crippen molar-refractivity contribution in [3.05, 3.63) is 71.3 Å². The van der Waals surface area contributed by atoms with Crippen molar-refractivity contribution in [2.24, 2.45) is 5.16 Å². The lowest BCUT2D eigenvalue weighted by Gasteiger charge is -2.05. The molecule has 0 fully saturated rings. The van der Waals surface area contributed by atoms with Crippen LogP contribution in [0.2, 0.25) is 0 Å². The first-order valence-electron chi connectivity index (χ1n) is 5.19. The fraction of sp³-hybridized carbons (Fsp3) is 0.0714. The van der Waals surface area contributed by atoms with Crippen molar-refractivity contribution in [1.29, 1.82) is 0 Å². The van der Waals surface area contributed by atoms with Crippen LogP contribution >= 0.6 is 0 Å². The summed E-state index contributed by atoms with van der Waals surface area (Å²) in [6.07, 6.45) is 2.32. The van der Waals surface area contributed by atoms with Crippen LogP contribution in [0, 0.1) is 0 Å². The fourth-order valence-electron chi connectivity index (χ4n) is 1.70. The number of nitrogens with zero attached hydrogens (tertiary/aromatic N) is 1. The van der Waals surface area contributed by atoms with Gasteiger partial charge in [0.25, 0.3) is 0 Å². The highest BCUT2D eigenvalue weighted by atomic mass is 16.4. The molecule has 0 aliphatic carbocycles. The number of oxime groups is 1. The molecule has 0 saturated heterocycles. The van der Waals surface area contributed by atoms with Gasteiger partial charge in [0.1, 0.15) is 0 Å². The molecule has 2 heteroatoms. The first-order valence-corrected chi connectivity index (χ1v) is 5.19. The van der Waals surface area contributed by atoms with Gasteiger partial charge in [0, 0.05) is 0 Å². The Morgan fingerprint density at radius 2 is 1.62 bits per heavy atom. The minimum absolute atomic E-state index is 0.850. The van der Waals surface area contributed by atoms with Gasteiger partial charge in [-0.1, -0.05) is 59.8 Å². The summed E-state index contributed by atoms with van der Waals surface area (Å²) in [5.74, 6) is 0. The summed E-state index contributed by atoms with van der Waals surface area (Å²) in [6.45, 7) is 0. The molecular weight excluding hydrogens is 198 g/mol. The highest BCUT2D eigenvalue weighted by Crippen LogP contribution is 2.12. The second kappa shape index (κ2) is 5.12. The molecule has 0 saturated carbocycles. The van der Waals surface area contributed by atoms with Crippen LogP contribution < -0.4 is 0 Å². The minimum atomic E-state index is 0.850. The summed E-state index contributed by atoms with van der Waals surface area (Å²) in [5, 5.41) is 11.7. The Morgan fingerprint density at radius 1 is 0.938 bits per heavy atom. The SMILES string of the molecule is ON=Cc1ccccc1Cc1ccccc1. The number of hydrogen-bond acceptors (Lipinski definition) is 2. The fourth-order valence-corrected chi connectivity index (χ4v) is 1.70. The zero-order valence-corrected chi connectivity index (χ0v) is 8.88. The monoisotopic (exact) mass is 211 g/mol. The molecule has 80 valence electrons. The predicted octanol–water partition coefficient (Wildman–Crippen LogP) is 3.09. The van der Waals surface area contributed by atoms with E-state index < -0.39 is 0 Å². The standard InChI is InChI=1S/C14H13NO/c16-15-11-14-9-5-4-8-13(14)10-12-6-2-1-3-7-12/h1-9,11,16H,10H2. The van der Waals surface area contributed by atoms with Crippen molar-refractivity contribution in [2.45, 2.75) is 6.42 Å². The second-order valence-corrected chi connectivity index (χ2v) is 3.61. The van der Waals surface area contributed by atoms with Gasteiger partial charge in [0.15, 0.2) is 0 Å². The number of hydrogen-bond donors (Lipinski definition) is 1. The summed E-state index contributed by atoms with van der Waals surface area (Å²) in [6, 6.07) is 18.2. The van der Waals surface area contributed by atoms with Crippen molar-refractivity contribution in [3.8, 4) is 0 Å². The minimum Gasteiger partial charge on any atom is -0.411 e. The molecule has 2 nitrogen and oxygen atoms in total. The molecule has 0 bridgehead atoms. The van der Waals surface area contributed by atoms with Gasteiger partial charge in [-0.05, 0) is 23.1 Å². The lowest BCUT2D eigenvalue weighted by molar-refractivity contribution is 0.322. The average Bonchev–Trinajstić information content (AvgIpc) is 2.33. The van der Waals surface area contributed by atoms with Crippen LogP contribution in [-0.4, -0.2) is 11.4 Å². The van der Waals surface area contributed by atoms with Crippen molar-refractivity contribution >= 4 is 6.21 Å². The highest BCUT2D eigenvalue weighted by molar-refractivity contribution is 5.81. The van der Waals surface area contributed by atoms with Gasteiger partial charge in [-0.25, -0.2) is 0 Å². The smallest absolute Gasteiger partial charge is 0.0736 e. The van der Waals surface area contributed by atoms with E-state index in [4.69, 9.17) is 5.21 Å². The Labute approximate surface area is 94.9 Å². The molecule has 1 N–H and O–H groups in total. The molecule has 0 aliphatic rings. The van der Waals surface area contributed by atoms with Crippen LogP contribution in [0.5, 0.6) is 0 Å². The maximum atomic E-state index is 8.58. The molecule has 0 amide bonds. The highest BCUT2D eigenvalue weighted by Gasteiger charge is 2.00. The van der Waals surface area contributed by atoms with Gasteiger partial charge in [-0.2, -0.15) is 0 Å². The van der Waals surface area contributed by atoms with Gasteiger partial charge in [0.2, 0.25) is 0 Å². The van der Waals surface area contributed by atoms with E-state index in [-0.39, 0.29) is 0 Å². The number of rotatable bonds is 3. The molecular formula is C14H13NO. The molecule has 0 atom stereocenters. The van der Waals surface area contributed by atoms with Crippen molar-refractivity contribution < 1.29 is 5.21 Å².